The van der Waals surface area contributed by atoms with Crippen molar-refractivity contribution in [1.29, 1.82) is 0 Å². The zero-order valence-corrected chi connectivity index (χ0v) is 22.0. The van der Waals surface area contributed by atoms with Gasteiger partial charge in [0.25, 0.3) is 0 Å². The Hall–Kier alpha value is -2.92. The molecule has 0 spiro atoms. The summed E-state index contributed by atoms with van der Waals surface area (Å²) in [5.41, 5.74) is 5.78. The number of thiazole rings is 1. The van der Waals surface area contributed by atoms with Gasteiger partial charge in [0.2, 0.25) is 0 Å². The quantitative estimate of drug-likeness (QED) is 0.287. The maximum atomic E-state index is 10.9. The first-order valence-electron chi connectivity index (χ1n) is 11.1. The minimum absolute atomic E-state index is 0.160. The molecule has 0 amide bonds. The van der Waals surface area contributed by atoms with E-state index in [1.807, 2.05) is 13.0 Å². The molecule has 0 saturated carbocycles. The summed E-state index contributed by atoms with van der Waals surface area (Å²) in [6.07, 6.45) is 0.952. The summed E-state index contributed by atoms with van der Waals surface area (Å²) < 4.78 is 6.68. The Balaban J connectivity index is 1.63. The van der Waals surface area contributed by atoms with Gasteiger partial charge >= 0.3 is 211 Å². The van der Waals surface area contributed by atoms with Crippen molar-refractivity contribution in [3.05, 3.63) is 100 Å². The molecule has 0 aliphatic carbocycles. The molecule has 0 saturated heterocycles. The van der Waals surface area contributed by atoms with Crippen LogP contribution in [-0.4, -0.2) is 37.6 Å². The third-order valence-corrected chi connectivity index (χ3v) is 9.67. The number of carbonyl (C=O) groups is 1. The normalized spacial score (nSPS) is 11.9. The number of carboxylic acid groups (broad SMARTS) is 1. The SMILES string of the molecule is Cc1ccc(-c2nc(C)c(C(Cc3ccccc3)[Se]c3ccc(OCC(=O)O)c(C)c3)s2)cc1. The van der Waals surface area contributed by atoms with E-state index < -0.39 is 5.97 Å². The number of aliphatic carboxylic acids is 1. The van der Waals surface area contributed by atoms with Crippen LogP contribution in [0.2, 0.25) is 0 Å². The summed E-state index contributed by atoms with van der Waals surface area (Å²) in [5.74, 6) is -0.349. The van der Waals surface area contributed by atoms with Crippen LogP contribution in [-0.2, 0) is 11.2 Å². The van der Waals surface area contributed by atoms with Crippen molar-refractivity contribution in [3.63, 3.8) is 0 Å². The van der Waals surface area contributed by atoms with Crippen LogP contribution >= 0.6 is 11.3 Å². The number of aromatic nitrogens is 1. The molecule has 0 aliphatic rings. The first-order chi connectivity index (χ1) is 16.4. The summed E-state index contributed by atoms with van der Waals surface area (Å²) in [7, 11) is 0. The van der Waals surface area contributed by atoms with Gasteiger partial charge in [-0.25, -0.2) is 0 Å². The Morgan fingerprint density at radius 2 is 1.76 bits per heavy atom. The van der Waals surface area contributed by atoms with Crippen LogP contribution in [0.15, 0.2) is 72.8 Å². The van der Waals surface area contributed by atoms with E-state index in [2.05, 4.69) is 80.6 Å². The van der Waals surface area contributed by atoms with Gasteiger partial charge in [0.05, 0.1) is 0 Å². The number of rotatable bonds is 9. The van der Waals surface area contributed by atoms with Crippen molar-refractivity contribution in [2.75, 3.05) is 6.61 Å². The Morgan fingerprint density at radius 3 is 2.44 bits per heavy atom. The molecule has 1 heterocycles. The zero-order chi connectivity index (χ0) is 24.1. The van der Waals surface area contributed by atoms with Crippen molar-refractivity contribution in [2.45, 2.75) is 32.0 Å². The average molecular weight is 537 g/mol. The molecule has 0 fully saturated rings. The van der Waals surface area contributed by atoms with Crippen LogP contribution in [0.25, 0.3) is 10.6 Å². The fourth-order valence-corrected chi connectivity index (χ4v) is 7.98. The maximum absolute atomic E-state index is 10.9. The fourth-order valence-electron chi connectivity index (χ4n) is 3.70. The Morgan fingerprint density at radius 1 is 1.03 bits per heavy atom. The zero-order valence-electron chi connectivity index (χ0n) is 19.4. The first-order valence-corrected chi connectivity index (χ1v) is 13.8. The fraction of sp³-hybridized carbons (Fsp3) is 0.214. The summed E-state index contributed by atoms with van der Waals surface area (Å²) >= 11 is 1.96. The van der Waals surface area contributed by atoms with E-state index in [4.69, 9.17) is 14.8 Å². The van der Waals surface area contributed by atoms with Gasteiger partial charge in [-0.3, -0.25) is 0 Å². The third kappa shape index (κ3) is 6.15. The molecule has 0 bridgehead atoms. The van der Waals surface area contributed by atoms with Crippen molar-refractivity contribution >= 4 is 36.7 Å². The van der Waals surface area contributed by atoms with Crippen LogP contribution in [0.3, 0.4) is 0 Å². The summed E-state index contributed by atoms with van der Waals surface area (Å²) in [6.45, 7) is 5.85. The van der Waals surface area contributed by atoms with Gasteiger partial charge in [-0.15, -0.1) is 0 Å². The molecule has 4 nitrogen and oxygen atoms in total. The second-order valence-corrected chi connectivity index (χ2v) is 11.9. The van der Waals surface area contributed by atoms with Crippen molar-refractivity contribution < 1.29 is 14.6 Å². The number of nitrogens with zero attached hydrogens (tertiary/aromatic N) is 1. The predicted molar refractivity (Wildman–Crippen MR) is 140 cm³/mol. The number of ether oxygens (including phenoxy) is 1. The summed E-state index contributed by atoms with van der Waals surface area (Å²) in [4.78, 5) is 17.5. The number of hydrogen-bond acceptors (Lipinski definition) is 4. The van der Waals surface area contributed by atoms with Gasteiger partial charge in [-0.2, -0.15) is 0 Å². The molecule has 0 aliphatic heterocycles. The molecule has 1 unspecified atom stereocenters. The van der Waals surface area contributed by atoms with E-state index in [-0.39, 0.29) is 21.6 Å². The average Bonchev–Trinajstić information content (AvgIpc) is 3.20. The molecule has 1 aromatic heterocycles. The predicted octanol–water partition coefficient (Wildman–Crippen LogP) is 5.51. The van der Waals surface area contributed by atoms with Crippen molar-refractivity contribution in [3.8, 4) is 16.3 Å². The molecular formula is C28H27NO3SSe. The van der Waals surface area contributed by atoms with Gasteiger partial charge < -0.3 is 0 Å². The molecule has 174 valence electrons. The Labute approximate surface area is 210 Å². The third-order valence-electron chi connectivity index (χ3n) is 5.46. The van der Waals surface area contributed by atoms with Gasteiger partial charge in [0, 0.05) is 0 Å². The van der Waals surface area contributed by atoms with E-state index >= 15 is 0 Å². The molecule has 1 atom stereocenters. The van der Waals surface area contributed by atoms with Gasteiger partial charge in [-0.1, -0.05) is 0 Å². The standard InChI is InChI=1S/C28H27NO3SSe/c1-18-9-11-22(12-10-18)28-29-20(3)27(33-28)25(16-21-7-5-4-6-8-21)34-23-13-14-24(19(2)15-23)32-17-26(30)31/h4-15,25H,16-17H2,1-3H3,(H,30,31). The van der Waals surface area contributed by atoms with Crippen LogP contribution in [0.4, 0.5) is 0 Å². The van der Waals surface area contributed by atoms with Crippen LogP contribution in [0.5, 0.6) is 5.75 Å². The molecule has 34 heavy (non-hydrogen) atoms. The van der Waals surface area contributed by atoms with E-state index in [9.17, 15) is 4.79 Å². The minimum atomic E-state index is -0.972. The Bertz CT molecular complexity index is 1270. The topological polar surface area (TPSA) is 59.4 Å². The van der Waals surface area contributed by atoms with Gasteiger partial charge in [0.15, 0.2) is 0 Å². The van der Waals surface area contributed by atoms with Crippen LogP contribution in [0.1, 0.15) is 32.1 Å². The second-order valence-electron chi connectivity index (χ2n) is 8.24. The number of aryl methyl sites for hydroxylation is 3. The Kier molecular flexibility index (Phi) is 7.84. The molecule has 4 rings (SSSR count). The number of carboxylic acids is 1. The second kappa shape index (κ2) is 11.0. The van der Waals surface area contributed by atoms with E-state index in [0.29, 0.717) is 10.6 Å². The van der Waals surface area contributed by atoms with Crippen LogP contribution < -0.4 is 9.20 Å². The molecule has 1 N–H and O–H groups in total. The monoisotopic (exact) mass is 537 g/mol. The van der Waals surface area contributed by atoms with E-state index in [1.165, 1.54) is 20.5 Å². The molecule has 4 aromatic rings. The van der Waals surface area contributed by atoms with E-state index in [1.54, 1.807) is 11.3 Å². The molecular weight excluding hydrogens is 509 g/mol. The number of benzene rings is 3. The van der Waals surface area contributed by atoms with Crippen molar-refractivity contribution in [1.82, 2.24) is 4.98 Å². The molecule has 0 radical (unpaired) electrons. The van der Waals surface area contributed by atoms with E-state index in [0.717, 1.165) is 28.2 Å². The van der Waals surface area contributed by atoms with Crippen molar-refractivity contribution in [2.24, 2.45) is 0 Å². The van der Waals surface area contributed by atoms with Gasteiger partial charge in [0.1, 0.15) is 0 Å². The summed E-state index contributed by atoms with van der Waals surface area (Å²) in [5, 5.41) is 9.97. The van der Waals surface area contributed by atoms with Crippen LogP contribution in [0, 0.1) is 20.8 Å². The summed E-state index contributed by atoms with van der Waals surface area (Å²) in [6, 6.07) is 25.3. The van der Waals surface area contributed by atoms with Gasteiger partial charge in [-0.05, 0) is 0 Å². The number of hydrogen-bond donors (Lipinski definition) is 1. The molecule has 3 aromatic carbocycles. The first kappa shape index (κ1) is 24.2. The molecule has 6 heteroatoms.